The minimum atomic E-state index is -2.34. The molecule has 0 saturated heterocycles. The molecule has 1 aliphatic rings. The van der Waals surface area contributed by atoms with Crippen molar-refractivity contribution in [3.05, 3.63) is 62.4 Å². The van der Waals surface area contributed by atoms with E-state index in [9.17, 15) is 26.7 Å². The van der Waals surface area contributed by atoms with E-state index in [1.54, 1.807) is 0 Å². The highest BCUT2D eigenvalue weighted by Gasteiger charge is 2.37. The number of hydrazone groups is 1. The Morgan fingerprint density at radius 1 is 1.03 bits per heavy atom. The van der Waals surface area contributed by atoms with Crippen molar-refractivity contribution in [3.63, 3.8) is 0 Å². The Morgan fingerprint density at radius 3 is 2.03 bits per heavy atom. The molecule has 0 bridgehead atoms. The van der Waals surface area contributed by atoms with Crippen molar-refractivity contribution in [3.8, 4) is 5.75 Å². The van der Waals surface area contributed by atoms with Gasteiger partial charge in [0, 0.05) is 0 Å². The average molecular weight is 493 g/mol. The number of carbonyl (C=O) groups excluding carboxylic acids is 1. The number of ether oxygens (including phenoxy) is 1. The van der Waals surface area contributed by atoms with Gasteiger partial charge in [0.2, 0.25) is 5.82 Å². The number of rotatable bonds is 5. The summed E-state index contributed by atoms with van der Waals surface area (Å²) in [5, 5.41) is 4.10. The smallest absolute Gasteiger partial charge is 0.280 e. The van der Waals surface area contributed by atoms with Crippen molar-refractivity contribution in [2.24, 2.45) is 5.10 Å². The topological polar surface area (TPSA) is 41.9 Å². The second-order valence-electron chi connectivity index (χ2n) is 6.93. The van der Waals surface area contributed by atoms with E-state index >= 15 is 0 Å². The lowest BCUT2D eigenvalue weighted by molar-refractivity contribution is -0.114. The molecule has 2 aromatic carbocycles. The van der Waals surface area contributed by atoms with E-state index in [1.807, 2.05) is 13.8 Å². The summed E-state index contributed by atoms with van der Waals surface area (Å²) >= 11 is 12.5. The normalized spacial score (nSPS) is 16.1. The highest BCUT2D eigenvalue weighted by atomic mass is 35.5. The molecule has 0 saturated carbocycles. The molecule has 1 atom stereocenters. The van der Waals surface area contributed by atoms with E-state index in [1.165, 1.54) is 25.1 Å². The van der Waals surface area contributed by atoms with Gasteiger partial charge in [0.25, 0.3) is 5.91 Å². The van der Waals surface area contributed by atoms with Crippen molar-refractivity contribution in [2.75, 3.05) is 5.01 Å². The Kier molecular flexibility index (Phi) is 6.80. The summed E-state index contributed by atoms with van der Waals surface area (Å²) < 4.78 is 74.4. The van der Waals surface area contributed by atoms with Gasteiger partial charge in [-0.3, -0.25) is 4.79 Å². The van der Waals surface area contributed by atoms with E-state index < -0.39 is 40.7 Å². The molecule has 1 aliphatic heterocycles. The van der Waals surface area contributed by atoms with Crippen LogP contribution in [0.1, 0.15) is 32.8 Å². The van der Waals surface area contributed by atoms with Crippen molar-refractivity contribution in [1.29, 1.82) is 0 Å². The molecule has 4 nitrogen and oxygen atoms in total. The van der Waals surface area contributed by atoms with Crippen LogP contribution in [0.3, 0.4) is 0 Å². The van der Waals surface area contributed by atoms with Gasteiger partial charge in [0.05, 0.1) is 27.4 Å². The van der Waals surface area contributed by atoms with Crippen molar-refractivity contribution in [2.45, 2.75) is 33.3 Å². The van der Waals surface area contributed by atoms with Gasteiger partial charge in [0.15, 0.2) is 29.0 Å². The quantitative estimate of drug-likeness (QED) is 0.202. The first kappa shape index (κ1) is 24.0. The van der Waals surface area contributed by atoms with E-state index in [0.29, 0.717) is 12.0 Å². The third kappa shape index (κ3) is 4.19. The predicted molar refractivity (Wildman–Crippen MR) is 112 cm³/mol. The number of amides is 1. The average Bonchev–Trinajstić information content (AvgIpc) is 3.01. The molecule has 1 amide bonds. The monoisotopic (exact) mass is 492 g/mol. The Morgan fingerprint density at radius 2 is 1.53 bits per heavy atom. The highest BCUT2D eigenvalue weighted by Crippen LogP contribution is 2.37. The van der Waals surface area contributed by atoms with Crippen LogP contribution < -0.4 is 9.75 Å². The zero-order chi connectivity index (χ0) is 23.9. The molecule has 0 spiro atoms. The Hall–Kier alpha value is -2.65. The molecule has 32 heavy (non-hydrogen) atoms. The van der Waals surface area contributed by atoms with Crippen LogP contribution in [-0.2, 0) is 4.79 Å². The summed E-state index contributed by atoms with van der Waals surface area (Å²) in [4.78, 5) is 12.7. The van der Waals surface area contributed by atoms with Gasteiger partial charge in [-0.15, -0.1) is 0 Å². The molecule has 0 aromatic heterocycles. The molecule has 170 valence electrons. The molecule has 0 unspecified atom stereocenters. The van der Waals surface area contributed by atoms with E-state index in [-0.39, 0.29) is 38.2 Å². The summed E-state index contributed by atoms with van der Waals surface area (Å²) in [5.41, 5.74) is -1.32. The molecule has 0 aliphatic carbocycles. The van der Waals surface area contributed by atoms with Gasteiger partial charge < -0.3 is 4.74 Å². The summed E-state index contributed by atoms with van der Waals surface area (Å²) in [7, 11) is 0. The molecule has 0 N–H and O–H groups in total. The number of nitrogens with zero attached hydrogens (tertiary/aromatic N) is 2. The zero-order valence-corrected chi connectivity index (χ0v) is 18.4. The summed E-state index contributed by atoms with van der Waals surface area (Å²) in [6.45, 7) is 5.07. The summed E-state index contributed by atoms with van der Waals surface area (Å²) in [6, 6.07) is 2.89. The molecule has 0 radical (unpaired) electrons. The van der Waals surface area contributed by atoms with Gasteiger partial charge >= 0.3 is 0 Å². The van der Waals surface area contributed by atoms with Crippen LogP contribution in [-0.4, -0.2) is 17.7 Å². The maximum Gasteiger partial charge on any atom is 0.280 e. The minimum Gasteiger partial charge on any atom is -0.488 e. The first-order valence-corrected chi connectivity index (χ1v) is 10.0. The van der Waals surface area contributed by atoms with E-state index in [2.05, 4.69) is 5.10 Å². The van der Waals surface area contributed by atoms with Crippen LogP contribution >= 0.6 is 23.2 Å². The fourth-order valence-electron chi connectivity index (χ4n) is 2.84. The third-order valence-electron chi connectivity index (χ3n) is 4.69. The molecule has 3 rings (SSSR count). The zero-order valence-electron chi connectivity index (χ0n) is 16.9. The van der Waals surface area contributed by atoms with Gasteiger partial charge in [0.1, 0.15) is 5.69 Å². The number of halogens is 7. The van der Waals surface area contributed by atoms with Crippen LogP contribution in [0.25, 0.3) is 6.08 Å². The molecule has 1 heterocycles. The first-order chi connectivity index (χ1) is 15.0. The minimum absolute atomic E-state index is 0.0221. The van der Waals surface area contributed by atoms with Crippen LogP contribution in [0.5, 0.6) is 5.75 Å². The second-order valence-corrected chi connectivity index (χ2v) is 7.74. The van der Waals surface area contributed by atoms with Crippen molar-refractivity contribution >= 4 is 46.6 Å². The van der Waals surface area contributed by atoms with Crippen molar-refractivity contribution < 1.29 is 31.5 Å². The lowest BCUT2D eigenvalue weighted by atomic mass is 10.1. The van der Waals surface area contributed by atoms with Crippen LogP contribution in [0, 0.1) is 29.1 Å². The number of hydrogen-bond acceptors (Lipinski definition) is 3. The van der Waals surface area contributed by atoms with Crippen LogP contribution in [0.2, 0.25) is 10.0 Å². The molecular formula is C21H15Cl2F5N2O2. The second kappa shape index (κ2) is 9.07. The molecule has 2 aromatic rings. The van der Waals surface area contributed by atoms with Crippen LogP contribution in [0.4, 0.5) is 27.6 Å². The van der Waals surface area contributed by atoms with Crippen LogP contribution in [0.15, 0.2) is 22.8 Å². The van der Waals surface area contributed by atoms with Gasteiger partial charge in [-0.25, -0.2) is 22.0 Å². The molecule has 11 heteroatoms. The Balaban J connectivity index is 2.02. The van der Waals surface area contributed by atoms with Crippen molar-refractivity contribution in [1.82, 2.24) is 0 Å². The highest BCUT2D eigenvalue weighted by molar-refractivity contribution is 6.37. The van der Waals surface area contributed by atoms with Gasteiger partial charge in [-0.1, -0.05) is 30.1 Å². The molecular weight excluding hydrogens is 478 g/mol. The fourth-order valence-corrected chi connectivity index (χ4v) is 3.43. The van der Waals surface area contributed by atoms with Gasteiger partial charge in [-0.2, -0.15) is 10.1 Å². The number of anilines is 1. The van der Waals surface area contributed by atoms with E-state index in [4.69, 9.17) is 27.9 Å². The Bertz CT molecular complexity index is 1130. The molecule has 0 fully saturated rings. The maximum atomic E-state index is 14.1. The fraction of sp³-hybridized carbons (Fsp3) is 0.238. The SMILES string of the molecule is CC[C@H](C)Oc1c(Cl)cc(/C=C2/C(=O)N(c3c(F)c(F)c(F)c(F)c3F)N=C2C)cc1Cl. The number of carbonyl (C=O) groups is 1. The van der Waals surface area contributed by atoms with Gasteiger partial charge in [-0.05, 0) is 44.0 Å². The largest absolute Gasteiger partial charge is 0.488 e. The van der Waals surface area contributed by atoms with E-state index in [0.717, 1.165) is 0 Å². The lowest BCUT2D eigenvalue weighted by Crippen LogP contribution is -2.25. The number of hydrogen-bond donors (Lipinski definition) is 0. The summed E-state index contributed by atoms with van der Waals surface area (Å²) in [6.07, 6.45) is 1.82. The third-order valence-corrected chi connectivity index (χ3v) is 5.25. The Labute approximate surface area is 189 Å². The standard InChI is InChI=1S/C21H15Cl2F5N2O2/c1-4-8(2)32-20-12(22)6-10(7-13(20)23)5-11-9(3)29-30(21(11)31)19-17(27)15(25)14(24)16(26)18(19)28/h5-8H,4H2,1-3H3/b11-5+/t8-/m0/s1. The first-order valence-electron chi connectivity index (χ1n) is 9.26. The summed E-state index contributed by atoms with van der Waals surface area (Å²) in [5.74, 6) is -11.9. The predicted octanol–water partition coefficient (Wildman–Crippen LogP) is 6.67. The number of benzene rings is 2. The lowest BCUT2D eigenvalue weighted by Gasteiger charge is -2.16. The maximum absolute atomic E-state index is 14.1.